The Labute approximate surface area is 105 Å². The highest BCUT2D eigenvalue weighted by Gasteiger charge is 2.05. The van der Waals surface area contributed by atoms with Gasteiger partial charge in [-0.2, -0.15) is 5.10 Å². The van der Waals surface area contributed by atoms with E-state index in [0.29, 0.717) is 12.2 Å². The average molecular weight is 245 g/mol. The Morgan fingerprint density at radius 2 is 2.22 bits per heavy atom. The third-order valence-corrected chi connectivity index (χ3v) is 2.62. The summed E-state index contributed by atoms with van der Waals surface area (Å²) in [6.07, 6.45) is 3.36. The lowest BCUT2D eigenvalue weighted by atomic mass is 10.3. The molecule has 2 rings (SSSR count). The van der Waals surface area contributed by atoms with Crippen LogP contribution in [0.2, 0.25) is 0 Å². The summed E-state index contributed by atoms with van der Waals surface area (Å²) in [5.41, 5.74) is 2.31. The molecule has 0 radical (unpaired) electrons. The van der Waals surface area contributed by atoms with Crippen molar-refractivity contribution in [3.8, 4) is 0 Å². The number of pyridine rings is 1. The third kappa shape index (κ3) is 2.65. The van der Waals surface area contributed by atoms with E-state index in [1.54, 1.807) is 30.2 Å². The van der Waals surface area contributed by atoms with Crippen LogP contribution < -0.4 is 10.6 Å². The van der Waals surface area contributed by atoms with E-state index in [1.165, 1.54) is 0 Å². The fourth-order valence-corrected chi connectivity index (χ4v) is 1.56. The molecule has 0 spiro atoms. The van der Waals surface area contributed by atoms with Crippen molar-refractivity contribution in [2.45, 2.75) is 6.54 Å². The third-order valence-electron chi connectivity index (χ3n) is 2.62. The quantitative estimate of drug-likeness (QED) is 0.835. The molecule has 0 atom stereocenters. The van der Waals surface area contributed by atoms with Gasteiger partial charge in [0.2, 0.25) is 0 Å². The number of aromatic nitrogens is 3. The molecule has 18 heavy (non-hydrogen) atoms. The van der Waals surface area contributed by atoms with Crippen LogP contribution in [0.3, 0.4) is 0 Å². The van der Waals surface area contributed by atoms with Gasteiger partial charge in [-0.3, -0.25) is 14.5 Å². The molecule has 6 nitrogen and oxygen atoms in total. The van der Waals surface area contributed by atoms with Gasteiger partial charge in [0.1, 0.15) is 5.69 Å². The topological polar surface area (TPSA) is 71.8 Å². The molecule has 2 aromatic rings. The van der Waals surface area contributed by atoms with Crippen molar-refractivity contribution in [1.82, 2.24) is 20.1 Å². The Hall–Kier alpha value is -2.37. The zero-order valence-corrected chi connectivity index (χ0v) is 10.3. The molecule has 2 aromatic heterocycles. The van der Waals surface area contributed by atoms with Crippen LogP contribution in [0.25, 0.3) is 0 Å². The molecule has 0 unspecified atom stereocenters. The molecule has 2 heterocycles. The SMILES string of the molecule is CNC(=O)c1cc(NCc2ccnn2C)ccn1. The predicted octanol–water partition coefficient (Wildman–Crippen LogP) is 0.787. The van der Waals surface area contributed by atoms with E-state index in [2.05, 4.69) is 20.7 Å². The molecule has 0 saturated carbocycles. The average Bonchev–Trinajstić information content (AvgIpc) is 2.81. The summed E-state index contributed by atoms with van der Waals surface area (Å²) in [5, 5.41) is 9.86. The number of amides is 1. The summed E-state index contributed by atoms with van der Waals surface area (Å²) < 4.78 is 1.80. The molecule has 0 aliphatic heterocycles. The van der Waals surface area contributed by atoms with E-state index >= 15 is 0 Å². The van der Waals surface area contributed by atoms with Crippen LogP contribution in [0.5, 0.6) is 0 Å². The van der Waals surface area contributed by atoms with Gasteiger partial charge in [-0.1, -0.05) is 0 Å². The molecule has 0 bridgehead atoms. The van der Waals surface area contributed by atoms with Gasteiger partial charge in [0.05, 0.1) is 12.2 Å². The summed E-state index contributed by atoms with van der Waals surface area (Å²) in [7, 11) is 3.47. The zero-order valence-electron chi connectivity index (χ0n) is 10.3. The van der Waals surface area contributed by atoms with Crippen LogP contribution >= 0.6 is 0 Å². The number of nitrogens with one attached hydrogen (secondary N) is 2. The first-order valence-corrected chi connectivity index (χ1v) is 5.59. The van der Waals surface area contributed by atoms with Crippen LogP contribution in [0.1, 0.15) is 16.2 Å². The molecule has 0 aromatic carbocycles. The first-order valence-electron chi connectivity index (χ1n) is 5.59. The number of rotatable bonds is 4. The number of nitrogens with zero attached hydrogens (tertiary/aromatic N) is 3. The van der Waals surface area contributed by atoms with Gasteiger partial charge in [0.15, 0.2) is 0 Å². The molecule has 94 valence electrons. The standard InChI is InChI=1S/C12H15N5O/c1-13-12(18)11-7-9(3-5-14-11)15-8-10-4-6-16-17(10)2/h3-7H,8H2,1-2H3,(H,13,18)(H,14,15). The lowest BCUT2D eigenvalue weighted by Gasteiger charge is -2.07. The van der Waals surface area contributed by atoms with Gasteiger partial charge in [-0.25, -0.2) is 0 Å². The van der Waals surface area contributed by atoms with Crippen molar-refractivity contribution in [2.75, 3.05) is 12.4 Å². The molecule has 0 fully saturated rings. The fraction of sp³-hybridized carbons (Fsp3) is 0.250. The molecule has 6 heteroatoms. The Morgan fingerprint density at radius 1 is 1.39 bits per heavy atom. The summed E-state index contributed by atoms with van der Waals surface area (Å²) in [6, 6.07) is 5.48. The molecule has 1 amide bonds. The van der Waals surface area contributed by atoms with Crippen LogP contribution in [-0.2, 0) is 13.6 Å². The van der Waals surface area contributed by atoms with Crippen LogP contribution in [-0.4, -0.2) is 27.7 Å². The minimum Gasteiger partial charge on any atom is -0.379 e. The van der Waals surface area contributed by atoms with Gasteiger partial charge in [-0.15, -0.1) is 0 Å². The highest BCUT2D eigenvalue weighted by atomic mass is 16.1. The summed E-state index contributed by atoms with van der Waals surface area (Å²) in [5.74, 6) is -0.195. The van der Waals surface area contributed by atoms with Crippen molar-refractivity contribution >= 4 is 11.6 Å². The summed E-state index contributed by atoms with van der Waals surface area (Å²) >= 11 is 0. The number of anilines is 1. The molecule has 2 N–H and O–H groups in total. The Balaban J connectivity index is 2.06. The van der Waals surface area contributed by atoms with E-state index in [0.717, 1.165) is 11.4 Å². The fourth-order valence-electron chi connectivity index (χ4n) is 1.56. The first-order chi connectivity index (χ1) is 8.70. The van der Waals surface area contributed by atoms with E-state index in [9.17, 15) is 4.79 Å². The van der Waals surface area contributed by atoms with Crippen molar-refractivity contribution in [3.63, 3.8) is 0 Å². The second-order valence-corrected chi connectivity index (χ2v) is 3.81. The maximum absolute atomic E-state index is 11.4. The first kappa shape index (κ1) is 12.1. The highest BCUT2D eigenvalue weighted by molar-refractivity contribution is 5.92. The maximum atomic E-state index is 11.4. The summed E-state index contributed by atoms with van der Waals surface area (Å²) in [6.45, 7) is 0.647. The van der Waals surface area contributed by atoms with Crippen LogP contribution in [0.15, 0.2) is 30.6 Å². The van der Waals surface area contributed by atoms with Gasteiger partial charge in [0.25, 0.3) is 5.91 Å². The number of carbonyl (C=O) groups excluding carboxylic acids is 1. The molecule has 0 saturated heterocycles. The monoisotopic (exact) mass is 245 g/mol. The summed E-state index contributed by atoms with van der Waals surface area (Å²) in [4.78, 5) is 15.4. The van der Waals surface area contributed by atoms with Gasteiger partial charge >= 0.3 is 0 Å². The number of hydrogen-bond donors (Lipinski definition) is 2. The minimum atomic E-state index is -0.195. The van der Waals surface area contributed by atoms with Crippen molar-refractivity contribution in [1.29, 1.82) is 0 Å². The van der Waals surface area contributed by atoms with Crippen molar-refractivity contribution < 1.29 is 4.79 Å². The Morgan fingerprint density at radius 3 is 2.89 bits per heavy atom. The Bertz CT molecular complexity index is 549. The number of hydrogen-bond acceptors (Lipinski definition) is 4. The molecular weight excluding hydrogens is 230 g/mol. The van der Waals surface area contributed by atoms with E-state index in [-0.39, 0.29) is 5.91 Å². The van der Waals surface area contributed by atoms with Gasteiger partial charge in [0, 0.05) is 32.2 Å². The lowest BCUT2D eigenvalue weighted by molar-refractivity contribution is 0.0958. The molecule has 0 aliphatic rings. The highest BCUT2D eigenvalue weighted by Crippen LogP contribution is 2.09. The minimum absolute atomic E-state index is 0.195. The molecular formula is C12H15N5O. The predicted molar refractivity (Wildman–Crippen MR) is 68.2 cm³/mol. The van der Waals surface area contributed by atoms with Crippen molar-refractivity contribution in [2.24, 2.45) is 7.05 Å². The largest absolute Gasteiger partial charge is 0.379 e. The van der Waals surface area contributed by atoms with E-state index in [4.69, 9.17) is 0 Å². The second-order valence-electron chi connectivity index (χ2n) is 3.81. The smallest absolute Gasteiger partial charge is 0.269 e. The van der Waals surface area contributed by atoms with E-state index < -0.39 is 0 Å². The van der Waals surface area contributed by atoms with Gasteiger partial charge < -0.3 is 10.6 Å². The molecule has 0 aliphatic carbocycles. The maximum Gasteiger partial charge on any atom is 0.269 e. The van der Waals surface area contributed by atoms with E-state index in [1.807, 2.05) is 19.2 Å². The zero-order chi connectivity index (χ0) is 13.0. The second kappa shape index (κ2) is 5.31. The van der Waals surface area contributed by atoms with Gasteiger partial charge in [-0.05, 0) is 18.2 Å². The lowest BCUT2D eigenvalue weighted by Crippen LogP contribution is -2.19. The normalized spacial score (nSPS) is 10.1. The number of carbonyl (C=O) groups is 1. The number of aryl methyl sites for hydroxylation is 1. The Kier molecular flexibility index (Phi) is 3.57. The van der Waals surface area contributed by atoms with Crippen LogP contribution in [0, 0.1) is 0 Å². The van der Waals surface area contributed by atoms with Crippen LogP contribution in [0.4, 0.5) is 5.69 Å². The van der Waals surface area contributed by atoms with Crippen molar-refractivity contribution in [3.05, 3.63) is 42.0 Å².